The Morgan fingerprint density at radius 1 is 0.562 bits per heavy atom. The predicted octanol–water partition coefficient (Wildman–Crippen LogP) is -1.88. The van der Waals surface area contributed by atoms with Gasteiger partial charge in [-0.1, -0.05) is 54.5 Å². The summed E-state index contributed by atoms with van der Waals surface area (Å²) in [5, 5.41) is 157. The summed E-state index contributed by atoms with van der Waals surface area (Å²) in [7, 11) is 0. The van der Waals surface area contributed by atoms with Crippen molar-refractivity contribution in [2.75, 3.05) is 13.2 Å². The second-order valence-electron chi connectivity index (χ2n) is 29.2. The number of ether oxygens (including phenoxy) is 11. The molecule has 10 rings (SSSR count). The smallest absolute Gasteiger partial charge is 0.335 e. The fourth-order valence-corrected chi connectivity index (χ4v) is 19.0. The third-order valence-electron chi connectivity index (χ3n) is 24.1. The van der Waals surface area contributed by atoms with E-state index in [0.717, 1.165) is 0 Å². The van der Waals surface area contributed by atoms with Crippen molar-refractivity contribution in [3.05, 3.63) is 11.6 Å². The molecule has 33 atom stereocenters. The van der Waals surface area contributed by atoms with Crippen molar-refractivity contribution in [3.63, 3.8) is 0 Å². The van der Waals surface area contributed by atoms with Crippen LogP contribution < -0.4 is 0 Å². The predicted molar refractivity (Wildman–Crippen MR) is 298 cm³/mol. The number of carbonyl (C=O) groups excluding carboxylic acids is 2. The lowest BCUT2D eigenvalue weighted by Gasteiger charge is -2.75. The first-order valence-electron chi connectivity index (χ1n) is 31.3. The molecule has 5 heterocycles. The standard InChI is InChI=1S/C61H96O28/c1-12-23(2)49(77)88-47-46(74)61-30(19-55(47,5)6)60(89-54(61)78)18-14-29-57(9)16-15-31(56(7,8)28(57)13-17-58(29,10)59(60,11)20-32(61)80-25(4)64)83-53-45(87-51-40(72)37(69)34(66)26(21-62)81-51)42(41(73)43(85-53)48(75)76)84-52-44(38(70)35(67)27(22-63)82-52)86-50-39(71)36(68)33(65)24(3)79-50/h12,24,26-47,50-54,62-63,65-74,78H,13-22H2,1-11H3,(H,75,76)/b23-12-/t24-,26+,27-,28+,29+,30-,31-,32+,33-,34-,35+,36+,37-,38-,39+,40+,41+,42-,43+,44-,45-,46+,47+,50+,51-,52-,53+,54+,57-,58-,59+,60-,61+/m1/s1. The molecule has 1 spiro atoms. The second kappa shape index (κ2) is 24.5. The van der Waals surface area contributed by atoms with E-state index >= 15 is 0 Å². The quantitative estimate of drug-likeness (QED) is 0.0514. The molecule has 10 aliphatic rings. The molecule has 10 fully saturated rings. The maximum atomic E-state index is 13.4. The molecule has 0 aromatic rings. The Labute approximate surface area is 516 Å². The highest BCUT2D eigenvalue weighted by Crippen LogP contribution is 2.82. The van der Waals surface area contributed by atoms with Crippen LogP contribution in [0.2, 0.25) is 0 Å². The molecule has 0 aromatic heterocycles. The summed E-state index contributed by atoms with van der Waals surface area (Å²) in [6.07, 6.45) is -39.2. The van der Waals surface area contributed by atoms with E-state index in [2.05, 4.69) is 20.8 Å². The highest BCUT2D eigenvalue weighted by molar-refractivity contribution is 5.87. The summed E-state index contributed by atoms with van der Waals surface area (Å²) >= 11 is 0. The molecule has 5 aliphatic heterocycles. The van der Waals surface area contributed by atoms with Gasteiger partial charge < -0.3 is 124 Å². The van der Waals surface area contributed by atoms with E-state index in [1.165, 1.54) is 13.8 Å². The van der Waals surface area contributed by atoms with E-state index in [9.17, 15) is 85.9 Å². The largest absolute Gasteiger partial charge is 0.479 e. The zero-order chi connectivity index (χ0) is 65.5. The summed E-state index contributed by atoms with van der Waals surface area (Å²) < 4.78 is 68.7. The average molecular weight is 1280 g/mol. The first-order valence-corrected chi connectivity index (χ1v) is 31.3. The van der Waals surface area contributed by atoms with Crippen molar-refractivity contribution in [1.82, 2.24) is 0 Å². The minimum absolute atomic E-state index is 0.0630. The highest BCUT2D eigenvalue weighted by atomic mass is 16.8. The summed E-state index contributed by atoms with van der Waals surface area (Å²) in [5.74, 6) is -3.78. The van der Waals surface area contributed by atoms with Crippen molar-refractivity contribution >= 4 is 17.9 Å². The zero-order valence-electron chi connectivity index (χ0n) is 52.3. The molecule has 89 heavy (non-hydrogen) atoms. The van der Waals surface area contributed by atoms with Crippen LogP contribution in [0, 0.1) is 50.2 Å². The van der Waals surface area contributed by atoms with Gasteiger partial charge in [-0.15, -0.1) is 0 Å². The number of carboxylic acid groups (broad SMARTS) is 1. The number of aliphatic hydroxyl groups excluding tert-OH is 13. The van der Waals surface area contributed by atoms with Gasteiger partial charge in [0.25, 0.3) is 0 Å². The van der Waals surface area contributed by atoms with Gasteiger partial charge >= 0.3 is 17.9 Å². The number of rotatable bonds is 14. The topological polar surface area (TPSA) is 436 Å². The van der Waals surface area contributed by atoms with Crippen LogP contribution in [0.1, 0.15) is 128 Å². The van der Waals surface area contributed by atoms with Crippen LogP contribution >= 0.6 is 0 Å². The van der Waals surface area contributed by atoms with Gasteiger partial charge in [0.05, 0.1) is 36.4 Å². The van der Waals surface area contributed by atoms with Gasteiger partial charge in [0.15, 0.2) is 37.6 Å². The summed E-state index contributed by atoms with van der Waals surface area (Å²) in [5.41, 5.74) is -5.90. The lowest BCUT2D eigenvalue weighted by atomic mass is 9.30. The third-order valence-corrected chi connectivity index (χ3v) is 24.1. The Bertz CT molecular complexity index is 2620. The van der Waals surface area contributed by atoms with Crippen molar-refractivity contribution in [3.8, 4) is 0 Å². The summed E-state index contributed by atoms with van der Waals surface area (Å²) in [4.78, 5) is 40.0. The highest BCUT2D eigenvalue weighted by Gasteiger charge is 2.86. The molecular weight excluding hydrogens is 1180 g/mol. The maximum Gasteiger partial charge on any atom is 0.335 e. The Hall–Kier alpha value is -2.73. The van der Waals surface area contributed by atoms with E-state index in [-0.39, 0.29) is 24.7 Å². The monoisotopic (exact) mass is 1280 g/mol. The fraction of sp³-hybridized carbons (Fsp3) is 0.918. The Morgan fingerprint density at radius 3 is 1.73 bits per heavy atom. The SMILES string of the molecule is C/C=C(/C)C(=O)O[C@H]1[C@H](O)[C@]23[C@@H](OC(C)=O)C[C@@]4(C)[C@]5(C)CC[C@H]6C(C)(C)[C@H](O[C@H]7O[C@H](C(=O)O)[C@@H](O)[C@@H](O[C@H]8O[C@H](CO)[C@H](O)[C@@H](O)[C@H]8O[C@@H]8O[C@H](C)[C@@H](O)[C@H](O)[C@@H]8O)[C@H]7O[C@H]7O[C@@H](CO)[C@@H](O)[C@@H](O)[C@@H]7O)CC[C@@]6(C)[C@@H]5CC[C@@]4(O[C@@H]2O)[C@H]3CC1(C)C. The molecule has 2 bridgehead atoms. The molecule has 5 saturated heterocycles. The molecule has 0 amide bonds. The zero-order valence-corrected chi connectivity index (χ0v) is 52.3. The number of esters is 2. The number of aliphatic hydroxyl groups is 13. The Balaban J connectivity index is 0.979. The van der Waals surface area contributed by atoms with E-state index in [1.54, 1.807) is 19.9 Å². The minimum atomic E-state index is -2.30. The van der Waals surface area contributed by atoms with Crippen LogP contribution in [0.15, 0.2) is 11.6 Å². The average Bonchev–Trinajstić information content (AvgIpc) is 1.56. The van der Waals surface area contributed by atoms with Crippen molar-refractivity contribution in [2.24, 2.45) is 50.2 Å². The van der Waals surface area contributed by atoms with Gasteiger partial charge in [0.2, 0.25) is 0 Å². The van der Waals surface area contributed by atoms with Crippen molar-refractivity contribution in [2.45, 2.75) is 287 Å². The normalized spacial score (nSPS) is 53.5. The second-order valence-corrected chi connectivity index (χ2v) is 29.2. The van der Waals surface area contributed by atoms with Crippen molar-refractivity contribution in [1.29, 1.82) is 0 Å². The number of allylic oxidation sites excluding steroid dienone is 1. The van der Waals surface area contributed by atoms with E-state index in [4.69, 9.17) is 52.1 Å². The lowest BCUT2D eigenvalue weighted by Crippen LogP contribution is -2.77. The maximum absolute atomic E-state index is 13.4. The molecule has 5 saturated carbocycles. The number of carboxylic acids is 1. The summed E-state index contributed by atoms with van der Waals surface area (Å²) in [6.45, 7) is 18.6. The van der Waals surface area contributed by atoms with Gasteiger partial charge in [0.1, 0.15) is 104 Å². The molecule has 14 N–H and O–H groups in total. The van der Waals surface area contributed by atoms with Gasteiger partial charge in [-0.25, -0.2) is 9.59 Å². The fourth-order valence-electron chi connectivity index (χ4n) is 19.0. The number of fused-ring (bicyclic) bond motifs is 4. The van der Waals surface area contributed by atoms with Crippen molar-refractivity contribution < 1.29 is 138 Å². The molecule has 0 unspecified atom stereocenters. The third kappa shape index (κ3) is 10.6. The molecule has 28 nitrogen and oxygen atoms in total. The number of carbonyl (C=O) groups is 3. The number of aliphatic carboxylic acids is 1. The van der Waals surface area contributed by atoms with Crippen LogP contribution in [-0.4, -0.2) is 262 Å². The number of hydrogen-bond acceptors (Lipinski definition) is 27. The van der Waals surface area contributed by atoms with Gasteiger partial charge in [-0.05, 0) is 100 Å². The van der Waals surface area contributed by atoms with Crippen LogP contribution in [-0.2, 0) is 66.5 Å². The molecular formula is C61H96O28. The van der Waals surface area contributed by atoms with Gasteiger partial charge in [-0.3, -0.25) is 4.79 Å². The molecule has 5 aliphatic carbocycles. The van der Waals surface area contributed by atoms with Crippen LogP contribution in [0.3, 0.4) is 0 Å². The summed E-state index contributed by atoms with van der Waals surface area (Å²) in [6, 6.07) is 0. The Kier molecular flexibility index (Phi) is 19.0. The van der Waals surface area contributed by atoms with Gasteiger partial charge in [-0.2, -0.15) is 0 Å². The van der Waals surface area contributed by atoms with Crippen LogP contribution in [0.4, 0.5) is 0 Å². The van der Waals surface area contributed by atoms with E-state index in [0.29, 0.717) is 44.1 Å². The molecule has 0 radical (unpaired) electrons. The molecule has 508 valence electrons. The minimum Gasteiger partial charge on any atom is -0.479 e. The van der Waals surface area contributed by atoms with E-state index < -0.39 is 229 Å². The lowest BCUT2D eigenvalue weighted by molar-refractivity contribution is -0.406. The number of hydrogen-bond donors (Lipinski definition) is 14. The molecule has 28 heteroatoms. The molecule has 0 aromatic carbocycles. The van der Waals surface area contributed by atoms with Gasteiger partial charge in [0, 0.05) is 29.2 Å². The first-order chi connectivity index (χ1) is 41.5. The first kappa shape index (κ1) is 69.1. The van der Waals surface area contributed by atoms with Crippen LogP contribution in [0.5, 0.6) is 0 Å². The van der Waals surface area contributed by atoms with Crippen LogP contribution in [0.25, 0.3) is 0 Å². The van der Waals surface area contributed by atoms with E-state index in [1.807, 2.05) is 27.7 Å². The Morgan fingerprint density at radius 2 is 1.12 bits per heavy atom.